The number of fused-ring (bicyclic) bond motifs is 1. The van der Waals surface area contributed by atoms with Crippen LogP contribution in [0.2, 0.25) is 5.02 Å². The highest BCUT2D eigenvalue weighted by Crippen LogP contribution is 2.33. The molecule has 0 aliphatic heterocycles. The molecule has 4 rings (SSSR count). The predicted molar refractivity (Wildman–Crippen MR) is 117 cm³/mol. The highest BCUT2D eigenvalue weighted by Gasteiger charge is 2.26. The first-order chi connectivity index (χ1) is 13.5. The van der Waals surface area contributed by atoms with Gasteiger partial charge in [0.05, 0.1) is 17.6 Å². The third-order valence-corrected chi connectivity index (χ3v) is 5.70. The van der Waals surface area contributed by atoms with Crippen molar-refractivity contribution in [3.05, 3.63) is 76.0 Å². The van der Waals surface area contributed by atoms with Crippen LogP contribution < -0.4 is 0 Å². The molecule has 1 aromatic heterocycles. The van der Waals surface area contributed by atoms with Crippen molar-refractivity contribution in [2.45, 2.75) is 25.9 Å². The molecule has 4 nitrogen and oxygen atoms in total. The van der Waals surface area contributed by atoms with Gasteiger partial charge in [0.25, 0.3) is 5.91 Å². The molecule has 0 unspecified atom stereocenters. The van der Waals surface area contributed by atoms with E-state index in [4.69, 9.17) is 16.6 Å². The Balaban J connectivity index is 1.69. The van der Waals surface area contributed by atoms with E-state index >= 15 is 0 Å². The molecule has 1 aliphatic rings. The number of imidazole rings is 1. The molecule has 1 fully saturated rings. The average Bonchev–Trinajstić information content (AvgIpc) is 3.44. The first-order valence-corrected chi connectivity index (χ1v) is 10.5. The Morgan fingerprint density at radius 2 is 2.14 bits per heavy atom. The lowest BCUT2D eigenvalue weighted by Crippen LogP contribution is -2.32. The summed E-state index contributed by atoms with van der Waals surface area (Å²) in [5.74, 6) is 1.53. The SMILES string of the molecule is C=CCN(Cc1nc2ccc(Cl)cc2n1CC1CC1)C(=O)c1cccc(Br)c1. The number of hydrogen-bond acceptors (Lipinski definition) is 2. The van der Waals surface area contributed by atoms with Gasteiger partial charge < -0.3 is 9.47 Å². The summed E-state index contributed by atoms with van der Waals surface area (Å²) in [6.07, 6.45) is 4.24. The van der Waals surface area contributed by atoms with Crippen molar-refractivity contribution >= 4 is 44.5 Å². The van der Waals surface area contributed by atoms with E-state index in [1.165, 1.54) is 12.8 Å². The first kappa shape index (κ1) is 19.2. The van der Waals surface area contributed by atoms with E-state index in [2.05, 4.69) is 27.1 Å². The molecule has 3 aromatic rings. The minimum atomic E-state index is -0.0377. The van der Waals surface area contributed by atoms with Gasteiger partial charge in [0.1, 0.15) is 5.82 Å². The Hall–Kier alpha value is -2.11. The zero-order valence-electron chi connectivity index (χ0n) is 15.4. The Morgan fingerprint density at radius 1 is 1.32 bits per heavy atom. The number of carbonyl (C=O) groups excluding carboxylic acids is 1. The fourth-order valence-corrected chi connectivity index (χ4v) is 3.94. The molecule has 0 spiro atoms. The standard InChI is InChI=1S/C22H21BrClN3O/c1-2-10-26(22(28)16-4-3-5-17(23)11-16)14-21-25-19-9-8-18(24)12-20(19)27(21)13-15-6-7-15/h2-5,8-9,11-12,15H,1,6-7,10,13-14H2. The van der Waals surface area contributed by atoms with Crippen molar-refractivity contribution in [1.82, 2.24) is 14.5 Å². The maximum atomic E-state index is 13.1. The Bertz CT molecular complexity index is 1040. The number of carbonyl (C=O) groups is 1. The van der Waals surface area contributed by atoms with Crippen LogP contribution in [0.1, 0.15) is 29.0 Å². The maximum Gasteiger partial charge on any atom is 0.254 e. The summed E-state index contributed by atoms with van der Waals surface area (Å²) in [4.78, 5) is 19.7. The molecule has 0 N–H and O–H groups in total. The van der Waals surface area contributed by atoms with E-state index in [-0.39, 0.29) is 5.91 Å². The van der Waals surface area contributed by atoms with Crippen molar-refractivity contribution in [2.75, 3.05) is 6.54 Å². The second-order valence-corrected chi connectivity index (χ2v) is 8.55. The van der Waals surface area contributed by atoms with Crippen LogP contribution in [-0.2, 0) is 13.1 Å². The lowest BCUT2D eigenvalue weighted by molar-refractivity contribution is 0.0757. The Kier molecular flexibility index (Phi) is 5.56. The molecule has 144 valence electrons. The van der Waals surface area contributed by atoms with E-state index in [0.29, 0.717) is 29.6 Å². The highest BCUT2D eigenvalue weighted by molar-refractivity contribution is 9.10. The van der Waals surface area contributed by atoms with Crippen LogP contribution in [-0.4, -0.2) is 26.9 Å². The van der Waals surface area contributed by atoms with E-state index in [1.807, 2.05) is 42.5 Å². The predicted octanol–water partition coefficient (Wildman–Crippen LogP) is 5.69. The van der Waals surface area contributed by atoms with Gasteiger partial charge in [-0.05, 0) is 55.2 Å². The number of amides is 1. The Morgan fingerprint density at radius 3 is 2.86 bits per heavy atom. The molecule has 6 heteroatoms. The molecular weight excluding hydrogens is 438 g/mol. The van der Waals surface area contributed by atoms with Crippen LogP contribution in [0.3, 0.4) is 0 Å². The minimum absolute atomic E-state index is 0.0377. The van der Waals surface area contributed by atoms with Crippen LogP contribution in [0.5, 0.6) is 0 Å². The van der Waals surface area contributed by atoms with Crippen LogP contribution in [0.4, 0.5) is 0 Å². The fraction of sp³-hybridized carbons (Fsp3) is 0.273. The van der Waals surface area contributed by atoms with Gasteiger partial charge in [0.15, 0.2) is 0 Å². The Labute approximate surface area is 177 Å². The third-order valence-electron chi connectivity index (χ3n) is 4.97. The topological polar surface area (TPSA) is 38.1 Å². The monoisotopic (exact) mass is 457 g/mol. The molecule has 0 bridgehead atoms. The molecule has 28 heavy (non-hydrogen) atoms. The quantitative estimate of drug-likeness (QED) is 0.427. The van der Waals surface area contributed by atoms with Gasteiger partial charge in [-0.1, -0.05) is 39.7 Å². The largest absolute Gasteiger partial charge is 0.327 e. The highest BCUT2D eigenvalue weighted by atomic mass is 79.9. The summed E-state index contributed by atoms with van der Waals surface area (Å²) in [5, 5.41) is 0.698. The normalized spacial score (nSPS) is 13.6. The van der Waals surface area contributed by atoms with Gasteiger partial charge in [0, 0.05) is 28.1 Å². The number of nitrogens with zero attached hydrogens (tertiary/aromatic N) is 3. The number of hydrogen-bond donors (Lipinski definition) is 0. The summed E-state index contributed by atoms with van der Waals surface area (Å²) in [6.45, 7) is 5.62. The minimum Gasteiger partial charge on any atom is -0.327 e. The molecule has 0 atom stereocenters. The molecule has 2 aromatic carbocycles. The number of halogens is 2. The second-order valence-electron chi connectivity index (χ2n) is 7.20. The first-order valence-electron chi connectivity index (χ1n) is 9.35. The lowest BCUT2D eigenvalue weighted by atomic mass is 10.2. The van der Waals surface area contributed by atoms with Gasteiger partial charge >= 0.3 is 0 Å². The zero-order chi connectivity index (χ0) is 19.7. The summed E-state index contributed by atoms with van der Waals surface area (Å²) >= 11 is 9.67. The molecule has 1 amide bonds. The molecule has 1 saturated carbocycles. The van der Waals surface area contributed by atoms with Gasteiger partial charge in [-0.2, -0.15) is 0 Å². The van der Waals surface area contributed by atoms with Crippen LogP contribution in [0.15, 0.2) is 59.6 Å². The van der Waals surface area contributed by atoms with E-state index in [0.717, 1.165) is 27.9 Å². The van der Waals surface area contributed by atoms with Crippen LogP contribution in [0, 0.1) is 5.92 Å². The second kappa shape index (κ2) is 8.10. The van der Waals surface area contributed by atoms with Crippen molar-refractivity contribution in [3.8, 4) is 0 Å². The molecule has 0 saturated heterocycles. The van der Waals surface area contributed by atoms with Crippen LogP contribution >= 0.6 is 27.5 Å². The van der Waals surface area contributed by atoms with Gasteiger partial charge in [0.2, 0.25) is 0 Å². The fourth-order valence-electron chi connectivity index (χ4n) is 3.38. The number of benzene rings is 2. The van der Waals surface area contributed by atoms with Gasteiger partial charge in [-0.15, -0.1) is 6.58 Å². The van der Waals surface area contributed by atoms with Gasteiger partial charge in [-0.25, -0.2) is 4.98 Å². The van der Waals surface area contributed by atoms with E-state index in [1.54, 1.807) is 11.0 Å². The summed E-state index contributed by atoms with van der Waals surface area (Å²) in [5.41, 5.74) is 2.58. The van der Waals surface area contributed by atoms with Crippen molar-refractivity contribution < 1.29 is 4.79 Å². The number of rotatable bonds is 7. The van der Waals surface area contributed by atoms with Crippen molar-refractivity contribution in [1.29, 1.82) is 0 Å². The smallest absolute Gasteiger partial charge is 0.254 e. The summed E-state index contributed by atoms with van der Waals surface area (Å²) in [7, 11) is 0. The molecule has 1 heterocycles. The van der Waals surface area contributed by atoms with Crippen molar-refractivity contribution in [2.24, 2.45) is 5.92 Å². The van der Waals surface area contributed by atoms with Crippen molar-refractivity contribution in [3.63, 3.8) is 0 Å². The molecule has 1 aliphatic carbocycles. The van der Waals surface area contributed by atoms with Crippen LogP contribution in [0.25, 0.3) is 11.0 Å². The summed E-state index contributed by atoms with van der Waals surface area (Å²) in [6, 6.07) is 13.2. The lowest BCUT2D eigenvalue weighted by Gasteiger charge is -2.22. The average molecular weight is 459 g/mol. The molecule has 0 radical (unpaired) electrons. The maximum absolute atomic E-state index is 13.1. The summed E-state index contributed by atoms with van der Waals surface area (Å²) < 4.78 is 3.11. The van der Waals surface area contributed by atoms with E-state index < -0.39 is 0 Å². The molecular formula is C22H21BrClN3O. The van der Waals surface area contributed by atoms with Gasteiger partial charge in [-0.3, -0.25) is 4.79 Å². The zero-order valence-corrected chi connectivity index (χ0v) is 17.8. The van der Waals surface area contributed by atoms with E-state index in [9.17, 15) is 4.79 Å². The number of aromatic nitrogens is 2. The third kappa shape index (κ3) is 4.15.